The number of hydrogen-bond acceptors (Lipinski definition) is 5. The van der Waals surface area contributed by atoms with Crippen LogP contribution in [0.5, 0.6) is 5.75 Å². The summed E-state index contributed by atoms with van der Waals surface area (Å²) in [6, 6.07) is 13.2. The topological polar surface area (TPSA) is 50.4 Å². The van der Waals surface area contributed by atoms with Crippen LogP contribution in [0, 0.1) is 0 Å². The lowest BCUT2D eigenvalue weighted by molar-refractivity contribution is 0.0935. The summed E-state index contributed by atoms with van der Waals surface area (Å²) in [5.74, 6) is 0.898. The van der Waals surface area contributed by atoms with Crippen molar-refractivity contribution in [2.24, 2.45) is 0 Å². The van der Waals surface area contributed by atoms with Crippen molar-refractivity contribution in [3.05, 3.63) is 41.3 Å². The van der Waals surface area contributed by atoms with E-state index in [0.29, 0.717) is 12.1 Å². The normalized spacial score (nSPS) is 25.0. The molecule has 6 heteroatoms. The number of ether oxygens (including phenoxy) is 1. The number of fused-ring (bicyclic) bond motifs is 2. The van der Waals surface area contributed by atoms with E-state index in [1.807, 2.05) is 36.4 Å². The third kappa shape index (κ3) is 3.31. The first-order valence-corrected chi connectivity index (χ1v) is 9.83. The maximum atomic E-state index is 12.5. The van der Waals surface area contributed by atoms with Gasteiger partial charge < -0.3 is 15.4 Å². The second kappa shape index (κ2) is 6.78. The summed E-state index contributed by atoms with van der Waals surface area (Å²) in [4.78, 5) is 14.4. The summed E-state index contributed by atoms with van der Waals surface area (Å²) >= 11 is 3.20. The zero-order chi connectivity index (χ0) is 16.5. The lowest BCUT2D eigenvalue weighted by atomic mass is 9.95. The molecule has 2 fully saturated rings. The Bertz CT molecular complexity index is 746. The van der Waals surface area contributed by atoms with Crippen molar-refractivity contribution >= 4 is 29.0 Å². The Morgan fingerprint density at radius 1 is 1.33 bits per heavy atom. The number of hydrogen-bond donors (Lipinski definition) is 2. The number of thiophene rings is 1. The van der Waals surface area contributed by atoms with Crippen LogP contribution in [-0.4, -0.2) is 31.1 Å². The molecular formula is C18H20N2O2S2. The van der Waals surface area contributed by atoms with Crippen LogP contribution in [0.1, 0.15) is 28.9 Å². The molecule has 4 rings (SSSR count). The first kappa shape index (κ1) is 16.0. The van der Waals surface area contributed by atoms with Crippen LogP contribution in [0.2, 0.25) is 0 Å². The molecule has 0 spiro atoms. The van der Waals surface area contributed by atoms with Gasteiger partial charge in [-0.3, -0.25) is 4.79 Å². The number of amides is 1. The third-order valence-electron chi connectivity index (χ3n) is 4.68. The molecule has 2 aliphatic heterocycles. The lowest BCUT2D eigenvalue weighted by Crippen LogP contribution is -2.42. The molecule has 3 atom stereocenters. The van der Waals surface area contributed by atoms with Crippen molar-refractivity contribution in [2.75, 3.05) is 7.11 Å². The molecule has 2 N–H and O–H groups in total. The Labute approximate surface area is 150 Å². The molecule has 1 amide bonds. The smallest absolute Gasteiger partial charge is 0.261 e. The van der Waals surface area contributed by atoms with Gasteiger partial charge >= 0.3 is 0 Å². The van der Waals surface area contributed by atoms with Crippen molar-refractivity contribution in [3.8, 4) is 5.75 Å². The van der Waals surface area contributed by atoms with Crippen LogP contribution >= 0.6 is 23.1 Å². The van der Waals surface area contributed by atoms with E-state index in [-0.39, 0.29) is 11.9 Å². The molecular weight excluding hydrogens is 340 g/mol. The van der Waals surface area contributed by atoms with Gasteiger partial charge in [0.25, 0.3) is 5.91 Å². The number of methoxy groups -OCH3 is 1. The molecule has 2 aromatic rings. The minimum Gasteiger partial charge on any atom is -0.497 e. The molecule has 0 radical (unpaired) electrons. The Hall–Kier alpha value is -1.50. The highest BCUT2D eigenvalue weighted by atomic mass is 32.2. The van der Waals surface area contributed by atoms with E-state index in [1.54, 1.807) is 30.2 Å². The van der Waals surface area contributed by atoms with Crippen LogP contribution < -0.4 is 15.4 Å². The first-order chi connectivity index (χ1) is 11.7. The highest BCUT2D eigenvalue weighted by Gasteiger charge is 2.39. The van der Waals surface area contributed by atoms with E-state index >= 15 is 0 Å². The van der Waals surface area contributed by atoms with Gasteiger partial charge in [-0.15, -0.1) is 11.3 Å². The van der Waals surface area contributed by atoms with E-state index in [1.165, 1.54) is 12.8 Å². The quantitative estimate of drug-likeness (QED) is 0.856. The van der Waals surface area contributed by atoms with Gasteiger partial charge in [0.15, 0.2) is 0 Å². The minimum absolute atomic E-state index is 0.0526. The summed E-state index contributed by atoms with van der Waals surface area (Å²) in [5, 5.41) is 6.76. The van der Waals surface area contributed by atoms with Gasteiger partial charge in [-0.05, 0) is 49.6 Å². The Morgan fingerprint density at radius 2 is 2.25 bits per heavy atom. The number of carbonyl (C=O) groups excluding carboxylic acids is 1. The molecule has 0 unspecified atom stereocenters. The van der Waals surface area contributed by atoms with Crippen molar-refractivity contribution in [3.63, 3.8) is 0 Å². The molecule has 2 bridgehead atoms. The minimum atomic E-state index is 0.0526. The Balaban J connectivity index is 1.39. The van der Waals surface area contributed by atoms with Crippen LogP contribution in [0.4, 0.5) is 0 Å². The molecule has 1 aromatic carbocycles. The standard InChI is InChI=1S/C18H20N2O2S2/c1-22-12-3-2-4-13(10-12)23-17-8-7-16(24-17)18(21)20-15-9-11-5-6-14(15)19-11/h2-4,7-8,10-11,14-15,19H,5-6,9H2,1H3,(H,20,21)/t11-,14+,15-/m1/s1. The van der Waals surface area contributed by atoms with Crippen LogP contribution in [0.15, 0.2) is 45.5 Å². The summed E-state index contributed by atoms with van der Waals surface area (Å²) in [6.45, 7) is 0. The van der Waals surface area contributed by atoms with Gasteiger partial charge in [-0.1, -0.05) is 17.8 Å². The van der Waals surface area contributed by atoms with Crippen LogP contribution in [0.25, 0.3) is 0 Å². The molecule has 4 nitrogen and oxygen atoms in total. The second-order valence-corrected chi connectivity index (χ2v) is 8.72. The zero-order valence-corrected chi connectivity index (χ0v) is 15.1. The molecule has 2 aliphatic rings. The third-order valence-corrected chi connectivity index (χ3v) is 6.89. The van der Waals surface area contributed by atoms with E-state index in [2.05, 4.69) is 10.6 Å². The molecule has 2 saturated heterocycles. The van der Waals surface area contributed by atoms with Crippen molar-refractivity contribution in [1.82, 2.24) is 10.6 Å². The maximum absolute atomic E-state index is 12.5. The van der Waals surface area contributed by atoms with Crippen molar-refractivity contribution in [1.29, 1.82) is 0 Å². The number of carbonyl (C=O) groups is 1. The van der Waals surface area contributed by atoms with Gasteiger partial charge in [0.1, 0.15) is 5.75 Å². The van der Waals surface area contributed by atoms with Gasteiger partial charge in [0, 0.05) is 23.0 Å². The van der Waals surface area contributed by atoms with Crippen molar-refractivity contribution < 1.29 is 9.53 Å². The zero-order valence-electron chi connectivity index (χ0n) is 13.5. The molecule has 126 valence electrons. The average molecular weight is 361 g/mol. The predicted octanol–water partition coefficient (Wildman–Crippen LogP) is 3.53. The van der Waals surface area contributed by atoms with Gasteiger partial charge in [-0.2, -0.15) is 0 Å². The van der Waals surface area contributed by atoms with Crippen LogP contribution in [0.3, 0.4) is 0 Å². The van der Waals surface area contributed by atoms with Gasteiger partial charge in [0.05, 0.1) is 16.2 Å². The molecule has 1 aromatic heterocycles. The number of nitrogens with one attached hydrogen (secondary N) is 2. The fourth-order valence-corrected chi connectivity index (χ4v) is 5.56. The molecule has 0 saturated carbocycles. The largest absolute Gasteiger partial charge is 0.497 e. The van der Waals surface area contributed by atoms with Crippen molar-refractivity contribution in [2.45, 2.75) is 46.5 Å². The Morgan fingerprint density at radius 3 is 3.00 bits per heavy atom. The fourth-order valence-electron chi connectivity index (χ4n) is 3.50. The monoisotopic (exact) mass is 360 g/mol. The summed E-state index contributed by atoms with van der Waals surface area (Å²) in [6.07, 6.45) is 3.49. The van der Waals surface area contributed by atoms with E-state index in [4.69, 9.17) is 4.74 Å². The molecule has 3 heterocycles. The fraction of sp³-hybridized carbons (Fsp3) is 0.389. The SMILES string of the molecule is COc1cccc(Sc2ccc(C(=O)N[C@@H]3C[C@H]4CC[C@@H]3N4)s2)c1. The van der Waals surface area contributed by atoms with E-state index in [0.717, 1.165) is 26.2 Å². The lowest BCUT2D eigenvalue weighted by Gasteiger charge is -2.20. The van der Waals surface area contributed by atoms with Gasteiger partial charge in [-0.25, -0.2) is 0 Å². The van der Waals surface area contributed by atoms with E-state index in [9.17, 15) is 4.79 Å². The summed E-state index contributed by atoms with van der Waals surface area (Å²) in [7, 11) is 1.67. The maximum Gasteiger partial charge on any atom is 0.261 e. The van der Waals surface area contributed by atoms with Crippen LogP contribution in [-0.2, 0) is 0 Å². The predicted molar refractivity (Wildman–Crippen MR) is 97.3 cm³/mol. The summed E-state index contributed by atoms with van der Waals surface area (Å²) in [5.41, 5.74) is 0. The first-order valence-electron chi connectivity index (χ1n) is 8.20. The Kier molecular flexibility index (Phi) is 4.52. The number of benzene rings is 1. The molecule has 24 heavy (non-hydrogen) atoms. The average Bonchev–Trinajstić information content (AvgIpc) is 3.31. The highest BCUT2D eigenvalue weighted by Crippen LogP contribution is 2.35. The second-order valence-electron chi connectivity index (χ2n) is 6.26. The summed E-state index contributed by atoms with van der Waals surface area (Å²) < 4.78 is 6.37. The van der Waals surface area contributed by atoms with Gasteiger partial charge in [0.2, 0.25) is 0 Å². The number of rotatable bonds is 5. The molecule has 0 aliphatic carbocycles. The highest BCUT2D eigenvalue weighted by molar-refractivity contribution is 8.01. The van der Waals surface area contributed by atoms with E-state index < -0.39 is 0 Å².